The van der Waals surface area contributed by atoms with Crippen LogP contribution in [0.15, 0.2) is 127 Å². The first kappa shape index (κ1) is 41.3. The minimum Gasteiger partial charge on any atom is -0.403 e. The van der Waals surface area contributed by atoms with Crippen molar-refractivity contribution in [3.63, 3.8) is 0 Å². The lowest BCUT2D eigenvalue weighted by Crippen LogP contribution is -2.30. The molecule has 0 aliphatic heterocycles. The number of alkyl halides is 6. The fraction of sp³-hybridized carbons (Fsp3) is 0.108. The predicted molar refractivity (Wildman–Crippen MR) is 199 cm³/mol. The summed E-state index contributed by atoms with van der Waals surface area (Å²) < 4.78 is 153. The quantitative estimate of drug-likeness (QED) is 0.0725. The van der Waals surface area contributed by atoms with E-state index >= 15 is 0 Å². The zero-order chi connectivity index (χ0) is 42.4. The Morgan fingerprint density at radius 3 is 1.62 bits per heavy atom. The van der Waals surface area contributed by atoms with Crippen molar-refractivity contribution >= 4 is 76.1 Å². The molecular formula is C37H25F6N5O8S2. The molecule has 0 bridgehead atoms. The van der Waals surface area contributed by atoms with Crippen molar-refractivity contribution in [2.45, 2.75) is 36.2 Å². The van der Waals surface area contributed by atoms with Gasteiger partial charge in [-0.25, -0.2) is 0 Å². The van der Waals surface area contributed by atoms with E-state index in [9.17, 15) is 57.1 Å². The molecule has 6 aromatic carbocycles. The van der Waals surface area contributed by atoms with Crippen molar-refractivity contribution in [2.24, 2.45) is 20.5 Å². The number of nitrogens with one attached hydrogen (secondary N) is 1. The highest BCUT2D eigenvalue weighted by atomic mass is 32.2. The van der Waals surface area contributed by atoms with Crippen LogP contribution in [0.3, 0.4) is 0 Å². The summed E-state index contributed by atoms with van der Waals surface area (Å²) in [6, 6.07) is 20.8. The first-order valence-corrected chi connectivity index (χ1v) is 19.1. The summed E-state index contributed by atoms with van der Waals surface area (Å²) in [5, 5.41) is 17.6. The van der Waals surface area contributed by atoms with Crippen LogP contribution in [-0.4, -0.2) is 44.4 Å². The molecule has 13 nitrogen and oxygen atoms in total. The summed E-state index contributed by atoms with van der Waals surface area (Å²) in [4.78, 5) is 10.7. The summed E-state index contributed by atoms with van der Waals surface area (Å²) in [7, 11) is -9.71. The van der Waals surface area contributed by atoms with E-state index in [1.54, 1.807) is 30.4 Å². The number of carbonyl (C=O) groups is 1. The molecule has 0 aliphatic carbocycles. The maximum atomic E-state index is 13.6. The first-order valence-electron chi connectivity index (χ1n) is 16.3. The number of carbonyl (C=O) groups excluding carboxylic acids is 1. The minimum atomic E-state index is -5.35. The van der Waals surface area contributed by atoms with Gasteiger partial charge in [0.1, 0.15) is 21.2 Å². The highest BCUT2D eigenvalue weighted by Gasteiger charge is 2.39. The Labute approximate surface area is 324 Å². The van der Waals surface area contributed by atoms with Crippen LogP contribution in [0.4, 0.5) is 54.8 Å². The Balaban J connectivity index is 1.38. The number of anilines is 1. The van der Waals surface area contributed by atoms with E-state index in [0.717, 1.165) is 24.3 Å². The summed E-state index contributed by atoms with van der Waals surface area (Å²) in [6.45, 7) is 3.09. The van der Waals surface area contributed by atoms with E-state index in [0.29, 0.717) is 22.1 Å². The van der Waals surface area contributed by atoms with Crippen molar-refractivity contribution in [1.82, 2.24) is 0 Å². The Morgan fingerprint density at radius 1 is 0.603 bits per heavy atom. The van der Waals surface area contributed by atoms with Crippen molar-refractivity contribution < 1.29 is 61.8 Å². The molecule has 6 rings (SSSR count). The molecule has 0 unspecified atom stereocenters. The van der Waals surface area contributed by atoms with Gasteiger partial charge in [-0.2, -0.15) is 40.2 Å². The van der Waals surface area contributed by atoms with Gasteiger partial charge in [0, 0.05) is 16.2 Å². The van der Waals surface area contributed by atoms with Crippen molar-refractivity contribution in [3.05, 3.63) is 108 Å². The molecule has 0 saturated heterocycles. The van der Waals surface area contributed by atoms with Crippen LogP contribution in [0.5, 0.6) is 5.75 Å². The number of hydrogen-bond donors (Lipinski definition) is 3. The standard InChI is InChI=1S/C37H25F6N5O8S2/c1-19-15-21(11-13-27(19)45-48-30-18-33(58(53,54)55)25-9-5-6-10-26(25)34(30)44-35(49)36(38,39)40)22-12-14-28(31(16-22)56-37(41,42)43)46-47-29-17-32(57(50,51)52)24-8-4-3-7-23(24)20(29)2/h3-18H,1-2H3,(H,44,49)(H,50,51,52)(H,53,54,55). The molecule has 0 heterocycles. The van der Waals surface area contributed by atoms with Gasteiger partial charge in [0.25, 0.3) is 20.2 Å². The number of nitrogens with zero attached hydrogens (tertiary/aromatic N) is 4. The largest absolute Gasteiger partial charge is 0.573 e. The lowest BCUT2D eigenvalue weighted by molar-refractivity contribution is -0.274. The molecule has 3 N–H and O–H groups in total. The molecule has 21 heteroatoms. The number of rotatable bonds is 9. The Hall–Kier alpha value is -6.29. The van der Waals surface area contributed by atoms with Crippen LogP contribution in [0.25, 0.3) is 32.7 Å². The fourth-order valence-electron chi connectivity index (χ4n) is 5.87. The number of fused-ring (bicyclic) bond motifs is 2. The molecule has 58 heavy (non-hydrogen) atoms. The monoisotopic (exact) mass is 845 g/mol. The number of aryl methyl sites for hydroxylation is 2. The second-order valence-corrected chi connectivity index (χ2v) is 15.2. The normalized spacial score (nSPS) is 12.9. The zero-order valence-electron chi connectivity index (χ0n) is 29.5. The maximum Gasteiger partial charge on any atom is 0.573 e. The summed E-state index contributed by atoms with van der Waals surface area (Å²) in [5.41, 5.74) is -0.328. The van der Waals surface area contributed by atoms with Crippen LogP contribution in [0.1, 0.15) is 11.1 Å². The second kappa shape index (κ2) is 15.2. The van der Waals surface area contributed by atoms with Gasteiger partial charge in [-0.05, 0) is 77.9 Å². The minimum absolute atomic E-state index is 0.0608. The molecule has 0 saturated carbocycles. The van der Waals surface area contributed by atoms with E-state index in [1.807, 2.05) is 0 Å². The third-order valence-electron chi connectivity index (χ3n) is 8.53. The van der Waals surface area contributed by atoms with Gasteiger partial charge in [-0.15, -0.1) is 23.4 Å². The highest BCUT2D eigenvalue weighted by molar-refractivity contribution is 7.86. The third kappa shape index (κ3) is 8.96. The first-order chi connectivity index (χ1) is 27.0. The van der Waals surface area contributed by atoms with Gasteiger partial charge in [0.05, 0.1) is 17.1 Å². The number of azo groups is 2. The van der Waals surface area contributed by atoms with Crippen LogP contribution >= 0.6 is 0 Å². The molecule has 6 aromatic rings. The molecule has 0 radical (unpaired) electrons. The molecule has 0 fully saturated rings. The van der Waals surface area contributed by atoms with E-state index in [2.05, 4.69) is 25.2 Å². The van der Waals surface area contributed by atoms with Crippen LogP contribution in [0.2, 0.25) is 0 Å². The number of amides is 1. The van der Waals surface area contributed by atoms with E-state index in [1.165, 1.54) is 61.5 Å². The van der Waals surface area contributed by atoms with Crippen LogP contribution < -0.4 is 10.1 Å². The Kier molecular flexibility index (Phi) is 10.9. The van der Waals surface area contributed by atoms with E-state index in [4.69, 9.17) is 0 Å². The average Bonchev–Trinajstić information content (AvgIpc) is 3.13. The number of benzene rings is 6. The smallest absolute Gasteiger partial charge is 0.403 e. The van der Waals surface area contributed by atoms with Crippen LogP contribution in [0, 0.1) is 13.8 Å². The van der Waals surface area contributed by atoms with E-state index < -0.39 is 71.3 Å². The van der Waals surface area contributed by atoms with Crippen LogP contribution in [-0.2, 0) is 25.0 Å². The van der Waals surface area contributed by atoms with Gasteiger partial charge in [0.15, 0.2) is 5.75 Å². The molecule has 0 aliphatic rings. The Bertz CT molecular complexity index is 2940. The summed E-state index contributed by atoms with van der Waals surface area (Å²) in [6.07, 6.45) is -10.5. The van der Waals surface area contributed by atoms with Gasteiger partial charge in [-0.3, -0.25) is 13.9 Å². The number of ether oxygens (including phenoxy) is 1. The molecule has 0 aromatic heterocycles. The predicted octanol–water partition coefficient (Wildman–Crippen LogP) is 11.0. The molecule has 1 amide bonds. The Morgan fingerprint density at radius 2 is 1.07 bits per heavy atom. The zero-order valence-corrected chi connectivity index (χ0v) is 31.1. The van der Waals surface area contributed by atoms with Gasteiger partial charge in [-0.1, -0.05) is 60.7 Å². The SMILES string of the molecule is Cc1cc(-c2ccc(N=Nc3cc(S(=O)(=O)O)c4ccccc4c3C)c(OC(F)(F)F)c2)ccc1N=Nc1cc(S(=O)(=O)O)c2ccccc2c1NC(=O)C(F)(F)F. The number of hydrogen-bond acceptors (Lipinski definition) is 10. The topological polar surface area (TPSA) is 197 Å². The average molecular weight is 846 g/mol. The van der Waals surface area contributed by atoms with Crippen molar-refractivity contribution in [2.75, 3.05) is 5.32 Å². The summed E-state index contributed by atoms with van der Waals surface area (Å²) in [5.74, 6) is -3.19. The molecule has 300 valence electrons. The van der Waals surface area contributed by atoms with Crippen molar-refractivity contribution in [3.8, 4) is 16.9 Å². The van der Waals surface area contributed by atoms with E-state index in [-0.39, 0.29) is 33.1 Å². The third-order valence-corrected chi connectivity index (χ3v) is 10.3. The van der Waals surface area contributed by atoms with Crippen molar-refractivity contribution in [1.29, 1.82) is 0 Å². The highest BCUT2D eigenvalue weighted by Crippen LogP contribution is 2.42. The summed E-state index contributed by atoms with van der Waals surface area (Å²) >= 11 is 0. The lowest BCUT2D eigenvalue weighted by atomic mass is 10.0. The van der Waals surface area contributed by atoms with Gasteiger partial charge < -0.3 is 10.1 Å². The molecule has 0 atom stereocenters. The molecule has 0 spiro atoms. The maximum absolute atomic E-state index is 13.6. The molecular weight excluding hydrogens is 821 g/mol. The lowest BCUT2D eigenvalue weighted by Gasteiger charge is -2.15. The second-order valence-electron chi connectivity index (χ2n) is 12.4. The fourth-order valence-corrected chi connectivity index (χ4v) is 7.30. The van der Waals surface area contributed by atoms with Gasteiger partial charge in [0.2, 0.25) is 0 Å². The number of halogens is 6. The van der Waals surface area contributed by atoms with Gasteiger partial charge >= 0.3 is 18.4 Å².